The quantitative estimate of drug-likeness (QED) is 0.277. The van der Waals surface area contributed by atoms with Gasteiger partial charge in [-0.1, -0.05) is 61.9 Å². The Labute approximate surface area is 234 Å². The molecule has 3 aromatic rings. The minimum Gasteiger partial charge on any atom is -0.356 e. The molecular formula is C31H37N5O4. The van der Waals surface area contributed by atoms with Crippen LogP contribution in [-0.2, 0) is 20.9 Å². The smallest absolute Gasteiger partial charge is 0.289 e. The molecule has 9 nitrogen and oxygen atoms in total. The number of aromatic nitrogens is 1. The van der Waals surface area contributed by atoms with Crippen LogP contribution in [0.3, 0.4) is 0 Å². The largest absolute Gasteiger partial charge is 0.356 e. The summed E-state index contributed by atoms with van der Waals surface area (Å²) in [5.41, 5.74) is 2.35. The van der Waals surface area contributed by atoms with Crippen LogP contribution < -0.4 is 16.0 Å². The molecule has 2 aliphatic heterocycles. The van der Waals surface area contributed by atoms with Crippen LogP contribution in [0.25, 0.3) is 10.9 Å². The molecule has 0 bridgehead atoms. The number of fused-ring (bicyclic) bond motifs is 1. The molecule has 2 aromatic carbocycles. The van der Waals surface area contributed by atoms with Crippen molar-refractivity contribution in [2.45, 2.75) is 51.2 Å². The first kappa shape index (κ1) is 27.6. The summed E-state index contributed by atoms with van der Waals surface area (Å²) >= 11 is 0. The van der Waals surface area contributed by atoms with E-state index < -0.39 is 17.7 Å². The third kappa shape index (κ3) is 6.25. The van der Waals surface area contributed by atoms with E-state index in [2.05, 4.69) is 27.9 Å². The lowest BCUT2D eigenvalue weighted by atomic mass is 9.95. The van der Waals surface area contributed by atoms with Crippen molar-refractivity contribution in [3.8, 4) is 0 Å². The highest BCUT2D eigenvalue weighted by atomic mass is 16.2. The zero-order valence-corrected chi connectivity index (χ0v) is 22.8. The second-order valence-electron chi connectivity index (χ2n) is 10.9. The Kier molecular flexibility index (Phi) is 8.60. The molecule has 3 amide bonds. The first-order chi connectivity index (χ1) is 19.4. The van der Waals surface area contributed by atoms with Gasteiger partial charge < -0.3 is 25.8 Å². The van der Waals surface area contributed by atoms with Gasteiger partial charge in [-0.15, -0.1) is 0 Å². The van der Waals surface area contributed by atoms with Gasteiger partial charge in [0.05, 0.1) is 6.04 Å². The van der Waals surface area contributed by atoms with E-state index >= 15 is 0 Å². The monoisotopic (exact) mass is 543 g/mol. The maximum Gasteiger partial charge on any atom is 0.289 e. The number of nitrogens with zero attached hydrogens (tertiary/aromatic N) is 1. The standard InChI is InChI=1S/C31H37N5O4/c1-2-20-14-24(36(19-20)31(40)27-15-22-10-6-7-11-25(22)35-27)18-33-26(16-23-12-13-32-29(23)38)28(37)30(39)34-17-21-8-4-3-5-9-21/h3-11,15,20,23-24,26,33,35H,2,12-14,16-19H2,1H3,(H,32,38)(H,34,39). The average molecular weight is 544 g/mol. The van der Waals surface area contributed by atoms with Crippen LogP contribution in [0.1, 0.15) is 48.7 Å². The second kappa shape index (κ2) is 12.5. The molecule has 0 aliphatic carbocycles. The SMILES string of the molecule is CCC1CC(CNC(CC2CCNC2=O)C(=O)C(=O)NCc2ccccc2)N(C(=O)c2cc3ccccc3[nH]2)C1. The van der Waals surface area contributed by atoms with Gasteiger partial charge in [-0.3, -0.25) is 19.2 Å². The van der Waals surface area contributed by atoms with E-state index in [1.807, 2.05) is 65.6 Å². The Bertz CT molecular complexity index is 1340. The van der Waals surface area contributed by atoms with Gasteiger partial charge in [-0.25, -0.2) is 0 Å². The Morgan fingerprint density at radius 1 is 1.07 bits per heavy atom. The summed E-state index contributed by atoms with van der Waals surface area (Å²) in [6, 6.07) is 18.1. The van der Waals surface area contributed by atoms with Crippen LogP contribution in [0, 0.1) is 11.8 Å². The zero-order chi connectivity index (χ0) is 28.1. The topological polar surface area (TPSA) is 123 Å². The summed E-state index contributed by atoms with van der Waals surface area (Å²) in [4.78, 5) is 57.3. The summed E-state index contributed by atoms with van der Waals surface area (Å²) in [6.07, 6.45) is 2.62. The van der Waals surface area contributed by atoms with Crippen molar-refractivity contribution in [3.63, 3.8) is 0 Å². The fraction of sp³-hybridized carbons (Fsp3) is 0.419. The fourth-order valence-electron chi connectivity index (χ4n) is 5.83. The number of amides is 3. The Hall–Kier alpha value is -3.98. The molecule has 0 radical (unpaired) electrons. The van der Waals surface area contributed by atoms with Crippen LogP contribution in [0.15, 0.2) is 60.7 Å². The van der Waals surface area contributed by atoms with Gasteiger partial charge in [-0.2, -0.15) is 0 Å². The second-order valence-corrected chi connectivity index (χ2v) is 10.9. The van der Waals surface area contributed by atoms with Gasteiger partial charge in [0.1, 0.15) is 5.69 Å². The predicted octanol–water partition coefficient (Wildman–Crippen LogP) is 2.78. The maximum atomic E-state index is 13.6. The molecule has 1 aromatic heterocycles. The molecular weight excluding hydrogens is 506 g/mol. The summed E-state index contributed by atoms with van der Waals surface area (Å²) in [5, 5.41) is 9.82. The Morgan fingerprint density at radius 3 is 2.58 bits per heavy atom. The molecule has 2 saturated heterocycles. The van der Waals surface area contributed by atoms with Gasteiger partial charge in [0.2, 0.25) is 11.7 Å². The number of rotatable bonds is 11. The van der Waals surface area contributed by atoms with E-state index in [1.54, 1.807) is 0 Å². The maximum absolute atomic E-state index is 13.6. The summed E-state index contributed by atoms with van der Waals surface area (Å²) in [6.45, 7) is 3.93. The number of ketones is 1. The third-order valence-electron chi connectivity index (χ3n) is 8.22. The molecule has 2 fully saturated rings. The van der Waals surface area contributed by atoms with Crippen molar-refractivity contribution in [2.24, 2.45) is 11.8 Å². The molecule has 210 valence electrons. The van der Waals surface area contributed by atoms with Crippen molar-refractivity contribution >= 4 is 34.4 Å². The fourth-order valence-corrected chi connectivity index (χ4v) is 5.83. The van der Waals surface area contributed by atoms with Gasteiger partial charge in [0.15, 0.2) is 0 Å². The van der Waals surface area contributed by atoms with Gasteiger partial charge in [-0.05, 0) is 42.9 Å². The van der Waals surface area contributed by atoms with Crippen LogP contribution in [0.5, 0.6) is 0 Å². The zero-order valence-electron chi connectivity index (χ0n) is 22.8. The number of Topliss-reactive ketones (excluding diaryl/α,β-unsaturated/α-hetero) is 1. The molecule has 0 spiro atoms. The van der Waals surface area contributed by atoms with Crippen molar-refractivity contribution in [1.82, 2.24) is 25.8 Å². The minimum absolute atomic E-state index is 0.0717. The number of benzene rings is 2. The highest BCUT2D eigenvalue weighted by Crippen LogP contribution is 2.28. The number of nitrogens with one attached hydrogen (secondary N) is 4. The highest BCUT2D eigenvalue weighted by Gasteiger charge is 2.38. The van der Waals surface area contributed by atoms with Crippen LogP contribution in [-0.4, -0.2) is 65.1 Å². The van der Waals surface area contributed by atoms with E-state index in [4.69, 9.17) is 0 Å². The average Bonchev–Trinajstić information content (AvgIpc) is 3.71. The van der Waals surface area contributed by atoms with Crippen molar-refractivity contribution in [1.29, 1.82) is 0 Å². The van der Waals surface area contributed by atoms with E-state index in [9.17, 15) is 19.2 Å². The molecule has 2 aliphatic rings. The molecule has 9 heteroatoms. The molecule has 0 saturated carbocycles. The number of likely N-dealkylation sites (tertiary alicyclic amines) is 1. The summed E-state index contributed by atoms with van der Waals surface area (Å²) in [5.74, 6) is -1.41. The highest BCUT2D eigenvalue weighted by molar-refractivity contribution is 6.38. The Morgan fingerprint density at radius 2 is 1.85 bits per heavy atom. The third-order valence-corrected chi connectivity index (χ3v) is 8.22. The lowest BCUT2D eigenvalue weighted by Gasteiger charge is -2.27. The van der Waals surface area contributed by atoms with Crippen molar-refractivity contribution in [2.75, 3.05) is 19.6 Å². The first-order valence-corrected chi connectivity index (χ1v) is 14.2. The lowest BCUT2D eigenvalue weighted by Crippen LogP contribution is -2.50. The van der Waals surface area contributed by atoms with Crippen LogP contribution >= 0.6 is 0 Å². The number of H-pyrrole nitrogens is 1. The summed E-state index contributed by atoms with van der Waals surface area (Å²) < 4.78 is 0. The number of carbonyl (C=O) groups excluding carboxylic acids is 4. The van der Waals surface area contributed by atoms with Crippen molar-refractivity contribution in [3.05, 3.63) is 71.9 Å². The number of para-hydroxylation sites is 1. The van der Waals surface area contributed by atoms with Gasteiger partial charge in [0.25, 0.3) is 11.8 Å². The number of aromatic amines is 1. The van der Waals surface area contributed by atoms with Gasteiger partial charge >= 0.3 is 0 Å². The summed E-state index contributed by atoms with van der Waals surface area (Å²) in [7, 11) is 0. The number of hydrogen-bond acceptors (Lipinski definition) is 5. The normalized spacial score (nSPS) is 21.4. The predicted molar refractivity (Wildman–Crippen MR) is 152 cm³/mol. The lowest BCUT2D eigenvalue weighted by molar-refractivity contribution is -0.139. The number of carbonyl (C=O) groups is 4. The van der Waals surface area contributed by atoms with Gasteiger partial charge in [0, 0.05) is 49.0 Å². The molecule has 4 unspecified atom stereocenters. The molecule has 5 rings (SSSR count). The molecule has 4 atom stereocenters. The van der Waals surface area contributed by atoms with E-state index in [0.717, 1.165) is 29.3 Å². The molecule has 3 heterocycles. The molecule has 4 N–H and O–H groups in total. The minimum atomic E-state index is -0.824. The van der Waals surface area contributed by atoms with E-state index in [0.29, 0.717) is 37.7 Å². The molecule has 40 heavy (non-hydrogen) atoms. The Balaban J connectivity index is 1.28. The van der Waals surface area contributed by atoms with Crippen LogP contribution in [0.4, 0.5) is 0 Å². The first-order valence-electron chi connectivity index (χ1n) is 14.2. The van der Waals surface area contributed by atoms with Crippen molar-refractivity contribution < 1.29 is 19.2 Å². The van der Waals surface area contributed by atoms with E-state index in [-0.39, 0.29) is 36.7 Å². The van der Waals surface area contributed by atoms with Crippen LogP contribution in [0.2, 0.25) is 0 Å². The number of hydrogen-bond donors (Lipinski definition) is 4. The van der Waals surface area contributed by atoms with E-state index in [1.165, 1.54) is 0 Å².